The molecule has 0 saturated carbocycles. The molecule has 1 unspecified atom stereocenters. The number of hydrogen-bond acceptors (Lipinski definition) is 4. The van der Waals surface area contributed by atoms with Crippen LogP contribution in [0.2, 0.25) is 0 Å². The van der Waals surface area contributed by atoms with E-state index < -0.39 is 12.1 Å². The van der Waals surface area contributed by atoms with Crippen molar-refractivity contribution in [3.63, 3.8) is 0 Å². The predicted molar refractivity (Wildman–Crippen MR) is 152 cm³/mol. The van der Waals surface area contributed by atoms with Crippen LogP contribution in [0.1, 0.15) is 31.4 Å². The second-order valence-corrected chi connectivity index (χ2v) is 9.87. The molecule has 9 heteroatoms. The van der Waals surface area contributed by atoms with Gasteiger partial charge in [-0.1, -0.05) is 30.3 Å². The maximum atomic E-state index is 13.8. The van der Waals surface area contributed by atoms with Crippen molar-refractivity contribution in [2.45, 2.75) is 45.3 Å². The maximum Gasteiger partial charge on any atom is 0.319 e. The van der Waals surface area contributed by atoms with Gasteiger partial charge in [-0.05, 0) is 74.2 Å². The van der Waals surface area contributed by atoms with Crippen molar-refractivity contribution in [1.29, 1.82) is 0 Å². The molecular formula is C30H31N5O4. The van der Waals surface area contributed by atoms with E-state index >= 15 is 0 Å². The zero-order valence-electron chi connectivity index (χ0n) is 21.9. The van der Waals surface area contributed by atoms with Gasteiger partial charge in [-0.3, -0.25) is 4.79 Å². The molecule has 1 atom stereocenters. The molecule has 2 heterocycles. The number of carbonyl (C=O) groups excluding carboxylic acids is 3. The van der Waals surface area contributed by atoms with E-state index in [1.807, 2.05) is 68.4 Å². The second kappa shape index (κ2) is 11.3. The van der Waals surface area contributed by atoms with Crippen molar-refractivity contribution in [2.24, 2.45) is 0 Å². The smallest absolute Gasteiger partial charge is 0.319 e. The molecule has 3 aromatic carbocycles. The number of anilines is 3. The predicted octanol–water partition coefficient (Wildman–Crippen LogP) is 5.63. The molecule has 39 heavy (non-hydrogen) atoms. The van der Waals surface area contributed by atoms with Crippen LogP contribution in [0, 0.1) is 0 Å². The lowest BCUT2D eigenvalue weighted by Gasteiger charge is -2.26. The van der Waals surface area contributed by atoms with Crippen molar-refractivity contribution in [1.82, 2.24) is 10.6 Å². The molecule has 0 bridgehead atoms. The number of fused-ring (bicyclic) bond motifs is 2. The van der Waals surface area contributed by atoms with E-state index in [4.69, 9.17) is 4.42 Å². The van der Waals surface area contributed by atoms with Crippen molar-refractivity contribution in [2.75, 3.05) is 15.5 Å². The molecule has 1 aliphatic rings. The van der Waals surface area contributed by atoms with Crippen molar-refractivity contribution < 1.29 is 18.8 Å². The summed E-state index contributed by atoms with van der Waals surface area (Å²) in [5.74, 6) is -0.201. The number of para-hydroxylation sites is 1. The average Bonchev–Trinajstić information content (AvgIpc) is 3.33. The largest absolute Gasteiger partial charge is 0.464 e. The van der Waals surface area contributed by atoms with Crippen molar-refractivity contribution in [3.05, 3.63) is 90.2 Å². The van der Waals surface area contributed by atoms with Crippen molar-refractivity contribution >= 4 is 46.0 Å². The molecule has 9 nitrogen and oxygen atoms in total. The van der Waals surface area contributed by atoms with E-state index in [9.17, 15) is 14.4 Å². The molecule has 0 radical (unpaired) electrons. The van der Waals surface area contributed by atoms with Gasteiger partial charge in [-0.2, -0.15) is 0 Å². The molecule has 5 amide bonds. The maximum absolute atomic E-state index is 13.8. The number of urea groups is 2. The third-order valence-corrected chi connectivity index (χ3v) is 6.51. The van der Waals surface area contributed by atoms with Gasteiger partial charge in [0.25, 0.3) is 0 Å². The van der Waals surface area contributed by atoms with Crippen LogP contribution in [0.3, 0.4) is 0 Å². The van der Waals surface area contributed by atoms with Crippen LogP contribution in [-0.4, -0.2) is 30.1 Å². The lowest BCUT2D eigenvalue weighted by Crippen LogP contribution is -2.49. The van der Waals surface area contributed by atoms with E-state index in [2.05, 4.69) is 21.3 Å². The summed E-state index contributed by atoms with van der Waals surface area (Å²) >= 11 is 0. The van der Waals surface area contributed by atoms with Gasteiger partial charge in [-0.25, -0.2) is 9.59 Å². The fourth-order valence-electron chi connectivity index (χ4n) is 4.73. The molecule has 0 spiro atoms. The molecular weight excluding hydrogens is 494 g/mol. The van der Waals surface area contributed by atoms with Gasteiger partial charge < -0.3 is 30.6 Å². The minimum atomic E-state index is -0.720. The van der Waals surface area contributed by atoms with E-state index in [1.165, 1.54) is 0 Å². The van der Waals surface area contributed by atoms with E-state index in [0.717, 1.165) is 22.2 Å². The number of furan rings is 1. The summed E-state index contributed by atoms with van der Waals surface area (Å²) in [4.78, 5) is 40.6. The van der Waals surface area contributed by atoms with Crippen LogP contribution in [-0.2, 0) is 17.8 Å². The molecule has 4 N–H and O–H groups in total. The molecule has 0 saturated heterocycles. The van der Waals surface area contributed by atoms with Crippen LogP contribution in [0.25, 0.3) is 11.0 Å². The zero-order chi connectivity index (χ0) is 27.4. The quantitative estimate of drug-likeness (QED) is 0.261. The summed E-state index contributed by atoms with van der Waals surface area (Å²) in [6.45, 7) is 4.06. The Labute approximate surface area is 226 Å². The zero-order valence-corrected chi connectivity index (χ0v) is 21.9. The van der Waals surface area contributed by atoms with Crippen LogP contribution >= 0.6 is 0 Å². The summed E-state index contributed by atoms with van der Waals surface area (Å²) in [6.07, 6.45) is 2.70. The molecule has 200 valence electrons. The number of aryl methyl sites for hydroxylation is 1. The van der Waals surface area contributed by atoms with Gasteiger partial charge in [-0.15, -0.1) is 0 Å². The molecule has 0 fully saturated rings. The average molecular weight is 526 g/mol. The molecule has 1 aliphatic heterocycles. The highest BCUT2D eigenvalue weighted by Crippen LogP contribution is 2.29. The normalized spacial score (nSPS) is 15.0. The number of nitrogens with one attached hydrogen (secondary N) is 4. The first-order valence-corrected chi connectivity index (χ1v) is 13.0. The summed E-state index contributed by atoms with van der Waals surface area (Å²) < 4.78 is 5.42. The third-order valence-electron chi connectivity index (χ3n) is 6.51. The highest BCUT2D eigenvalue weighted by atomic mass is 16.3. The van der Waals surface area contributed by atoms with Gasteiger partial charge in [0.1, 0.15) is 11.6 Å². The van der Waals surface area contributed by atoms with Gasteiger partial charge in [0, 0.05) is 34.6 Å². The van der Waals surface area contributed by atoms with E-state index in [1.54, 1.807) is 29.4 Å². The van der Waals surface area contributed by atoms with Crippen LogP contribution in [0.5, 0.6) is 0 Å². The van der Waals surface area contributed by atoms with Crippen LogP contribution in [0.4, 0.5) is 26.7 Å². The first-order chi connectivity index (χ1) is 18.9. The third kappa shape index (κ3) is 6.20. The Balaban J connectivity index is 1.33. The van der Waals surface area contributed by atoms with E-state index in [-0.39, 0.29) is 24.5 Å². The first-order valence-electron chi connectivity index (χ1n) is 13.0. The number of hydrogen-bond donors (Lipinski definition) is 4. The minimum Gasteiger partial charge on any atom is -0.464 e. The first kappa shape index (κ1) is 25.8. The Morgan fingerprint density at radius 2 is 1.74 bits per heavy atom. The van der Waals surface area contributed by atoms with Gasteiger partial charge in [0.2, 0.25) is 5.91 Å². The molecule has 1 aromatic heterocycles. The van der Waals surface area contributed by atoms with Gasteiger partial charge in [0.05, 0.1) is 12.8 Å². The Morgan fingerprint density at radius 3 is 2.59 bits per heavy atom. The summed E-state index contributed by atoms with van der Waals surface area (Å²) in [5.41, 5.74) is 4.55. The van der Waals surface area contributed by atoms with Gasteiger partial charge in [0.15, 0.2) is 0 Å². The molecule has 4 aromatic rings. The fraction of sp³-hybridized carbons (Fsp3) is 0.233. The Hall–Kier alpha value is -4.79. The van der Waals surface area contributed by atoms with Crippen LogP contribution in [0.15, 0.2) is 83.5 Å². The highest BCUT2D eigenvalue weighted by Gasteiger charge is 2.31. The van der Waals surface area contributed by atoms with Crippen LogP contribution < -0.4 is 26.2 Å². The second-order valence-electron chi connectivity index (χ2n) is 9.87. The SMILES string of the molecule is CC(C)NC(=O)Nc1cccc(CN2C(=O)C(NC(=O)Nc3ccc4ccoc4c3)CCc3ccccc32)c1. The van der Waals surface area contributed by atoms with Gasteiger partial charge >= 0.3 is 12.1 Å². The Bertz CT molecular complexity index is 1510. The summed E-state index contributed by atoms with van der Waals surface area (Å²) in [5, 5.41) is 12.3. The highest BCUT2D eigenvalue weighted by molar-refractivity contribution is 6.02. The standard InChI is InChI=1S/C30H31N5O4/c1-19(2)31-29(37)32-23-8-5-6-20(16-23)18-35-26-9-4-3-7-21(26)11-13-25(28(35)36)34-30(38)33-24-12-10-22-14-15-39-27(22)17-24/h3-10,12,14-17,19,25H,11,13,18H2,1-2H3,(H2,31,32,37)(H2,33,34,38). The molecule has 0 aliphatic carbocycles. The number of benzene rings is 3. The minimum absolute atomic E-state index is 0.00840. The molecule has 5 rings (SSSR count). The number of nitrogens with zero attached hydrogens (tertiary/aromatic N) is 1. The Kier molecular flexibility index (Phi) is 7.49. The lowest BCUT2D eigenvalue weighted by molar-refractivity contribution is -0.120. The number of rotatable bonds is 6. The Morgan fingerprint density at radius 1 is 0.949 bits per heavy atom. The number of amides is 5. The summed E-state index contributed by atoms with van der Waals surface area (Å²) in [7, 11) is 0. The van der Waals surface area contributed by atoms with E-state index in [0.29, 0.717) is 29.8 Å². The fourth-order valence-corrected chi connectivity index (χ4v) is 4.73. The lowest BCUT2D eigenvalue weighted by atomic mass is 10.1. The van der Waals surface area contributed by atoms with Crippen molar-refractivity contribution in [3.8, 4) is 0 Å². The monoisotopic (exact) mass is 525 g/mol. The summed E-state index contributed by atoms with van der Waals surface area (Å²) in [6, 6.07) is 21.0. The number of carbonyl (C=O) groups is 3. The topological polar surface area (TPSA) is 116 Å².